The standard InChI is InChI=1S/C12H25N3O/c1-5-6-7-15-10(8-13)11(16)14(4)9-12(15,2)3/h10H,5-9,13H2,1-4H3. The number of carbonyl (C=O) groups is 1. The van der Waals surface area contributed by atoms with E-state index in [0.29, 0.717) is 6.54 Å². The zero-order chi connectivity index (χ0) is 12.3. The fraction of sp³-hybridized carbons (Fsp3) is 0.917. The number of rotatable bonds is 4. The molecule has 0 aromatic carbocycles. The number of nitrogens with zero attached hydrogens (tertiary/aromatic N) is 2. The molecule has 0 aromatic heterocycles. The molecule has 1 fully saturated rings. The number of unbranched alkanes of at least 4 members (excludes halogenated alkanes) is 1. The lowest BCUT2D eigenvalue weighted by molar-refractivity contribution is -0.147. The maximum Gasteiger partial charge on any atom is 0.241 e. The number of piperazine rings is 1. The van der Waals surface area contributed by atoms with Gasteiger partial charge in [0.15, 0.2) is 0 Å². The van der Waals surface area contributed by atoms with Crippen molar-refractivity contribution >= 4 is 5.91 Å². The van der Waals surface area contributed by atoms with E-state index in [4.69, 9.17) is 5.73 Å². The van der Waals surface area contributed by atoms with E-state index in [9.17, 15) is 4.79 Å². The van der Waals surface area contributed by atoms with Gasteiger partial charge in [0.25, 0.3) is 0 Å². The third-order valence-corrected chi connectivity index (χ3v) is 3.41. The highest BCUT2D eigenvalue weighted by Crippen LogP contribution is 2.25. The van der Waals surface area contributed by atoms with Crippen LogP contribution in [0.25, 0.3) is 0 Å². The molecule has 16 heavy (non-hydrogen) atoms. The number of likely N-dealkylation sites (N-methyl/N-ethyl adjacent to an activating group) is 1. The van der Waals surface area contributed by atoms with Crippen molar-refractivity contribution in [1.82, 2.24) is 9.80 Å². The zero-order valence-corrected chi connectivity index (χ0v) is 11.0. The minimum atomic E-state index is -0.139. The molecule has 1 aliphatic heterocycles. The van der Waals surface area contributed by atoms with Gasteiger partial charge in [0.2, 0.25) is 5.91 Å². The minimum absolute atomic E-state index is 0.0296. The largest absolute Gasteiger partial charge is 0.343 e. The number of hydrogen-bond donors (Lipinski definition) is 1. The molecule has 0 spiro atoms. The van der Waals surface area contributed by atoms with E-state index in [0.717, 1.165) is 25.9 Å². The van der Waals surface area contributed by atoms with E-state index in [1.807, 2.05) is 7.05 Å². The van der Waals surface area contributed by atoms with Crippen LogP contribution < -0.4 is 5.73 Å². The molecule has 2 N–H and O–H groups in total. The van der Waals surface area contributed by atoms with Crippen LogP contribution in [0.2, 0.25) is 0 Å². The third kappa shape index (κ3) is 2.55. The van der Waals surface area contributed by atoms with E-state index in [2.05, 4.69) is 25.7 Å². The number of carbonyl (C=O) groups excluding carboxylic acids is 1. The van der Waals surface area contributed by atoms with Gasteiger partial charge in [-0.05, 0) is 26.8 Å². The van der Waals surface area contributed by atoms with E-state index in [-0.39, 0.29) is 17.5 Å². The van der Waals surface area contributed by atoms with Crippen molar-refractivity contribution in [3.63, 3.8) is 0 Å². The van der Waals surface area contributed by atoms with Crippen molar-refractivity contribution in [2.24, 2.45) is 5.73 Å². The monoisotopic (exact) mass is 227 g/mol. The molecule has 4 nitrogen and oxygen atoms in total. The number of amides is 1. The second kappa shape index (κ2) is 5.15. The zero-order valence-electron chi connectivity index (χ0n) is 11.0. The Morgan fingerprint density at radius 2 is 2.12 bits per heavy atom. The van der Waals surface area contributed by atoms with Crippen molar-refractivity contribution in [2.75, 3.05) is 26.7 Å². The van der Waals surface area contributed by atoms with E-state index >= 15 is 0 Å². The third-order valence-electron chi connectivity index (χ3n) is 3.41. The molecule has 0 saturated carbocycles. The van der Waals surface area contributed by atoms with Crippen LogP contribution in [-0.4, -0.2) is 54.0 Å². The van der Waals surface area contributed by atoms with E-state index < -0.39 is 0 Å². The Hall–Kier alpha value is -0.610. The summed E-state index contributed by atoms with van der Waals surface area (Å²) in [5.74, 6) is 0.165. The average Bonchev–Trinajstić information content (AvgIpc) is 2.20. The fourth-order valence-electron chi connectivity index (χ4n) is 2.57. The minimum Gasteiger partial charge on any atom is -0.343 e. The molecular formula is C12H25N3O. The summed E-state index contributed by atoms with van der Waals surface area (Å²) >= 11 is 0. The number of hydrogen-bond acceptors (Lipinski definition) is 3. The summed E-state index contributed by atoms with van der Waals surface area (Å²) in [5.41, 5.74) is 5.78. The smallest absolute Gasteiger partial charge is 0.241 e. The van der Waals surface area contributed by atoms with Gasteiger partial charge >= 0.3 is 0 Å². The van der Waals surface area contributed by atoms with Gasteiger partial charge in [-0.15, -0.1) is 0 Å². The van der Waals surface area contributed by atoms with Gasteiger partial charge in [0.05, 0.1) is 0 Å². The van der Waals surface area contributed by atoms with Crippen LogP contribution in [0.3, 0.4) is 0 Å². The summed E-state index contributed by atoms with van der Waals surface area (Å²) < 4.78 is 0. The van der Waals surface area contributed by atoms with Gasteiger partial charge in [-0.2, -0.15) is 0 Å². The van der Waals surface area contributed by atoms with E-state index in [1.165, 1.54) is 0 Å². The molecule has 1 amide bonds. The highest BCUT2D eigenvalue weighted by Gasteiger charge is 2.42. The van der Waals surface area contributed by atoms with Crippen molar-refractivity contribution in [1.29, 1.82) is 0 Å². The summed E-state index contributed by atoms with van der Waals surface area (Å²) in [4.78, 5) is 16.1. The molecule has 94 valence electrons. The Labute approximate surface area is 98.8 Å². The number of nitrogens with two attached hydrogens (primary N) is 1. The van der Waals surface area contributed by atoms with Crippen LogP contribution in [0.15, 0.2) is 0 Å². The summed E-state index contributed by atoms with van der Waals surface area (Å²) in [7, 11) is 1.86. The van der Waals surface area contributed by atoms with Crippen LogP contribution in [0.5, 0.6) is 0 Å². The lowest BCUT2D eigenvalue weighted by Gasteiger charge is -2.50. The molecule has 1 atom stereocenters. The molecule has 0 bridgehead atoms. The molecule has 0 aromatic rings. The SMILES string of the molecule is CCCCN1C(CN)C(=O)N(C)CC1(C)C. The van der Waals surface area contributed by atoms with Crippen molar-refractivity contribution in [3.8, 4) is 0 Å². The predicted octanol–water partition coefficient (Wildman–Crippen LogP) is 0.666. The Balaban J connectivity index is 2.84. The van der Waals surface area contributed by atoms with Gasteiger partial charge in [0, 0.05) is 25.7 Å². The topological polar surface area (TPSA) is 49.6 Å². The summed E-state index contributed by atoms with van der Waals surface area (Å²) in [5, 5.41) is 0. The van der Waals surface area contributed by atoms with Gasteiger partial charge in [-0.25, -0.2) is 0 Å². The molecule has 1 heterocycles. The Morgan fingerprint density at radius 1 is 1.50 bits per heavy atom. The fourth-order valence-corrected chi connectivity index (χ4v) is 2.57. The first-order valence-corrected chi connectivity index (χ1v) is 6.16. The first kappa shape index (κ1) is 13.5. The van der Waals surface area contributed by atoms with Gasteiger partial charge in [-0.3, -0.25) is 9.69 Å². The predicted molar refractivity (Wildman–Crippen MR) is 66.2 cm³/mol. The van der Waals surface area contributed by atoms with Gasteiger partial charge in [0.1, 0.15) is 6.04 Å². The van der Waals surface area contributed by atoms with Crippen LogP contribution in [0, 0.1) is 0 Å². The molecule has 1 aliphatic rings. The average molecular weight is 227 g/mol. The molecule has 0 aliphatic carbocycles. The summed E-state index contributed by atoms with van der Waals surface area (Å²) in [6.45, 7) is 8.71. The van der Waals surface area contributed by atoms with Gasteiger partial charge in [-0.1, -0.05) is 13.3 Å². The molecule has 4 heteroatoms. The van der Waals surface area contributed by atoms with Crippen molar-refractivity contribution in [2.45, 2.75) is 45.2 Å². The highest BCUT2D eigenvalue weighted by atomic mass is 16.2. The quantitative estimate of drug-likeness (QED) is 0.768. The normalized spacial score (nSPS) is 26.2. The lowest BCUT2D eigenvalue weighted by atomic mass is 9.94. The van der Waals surface area contributed by atoms with Crippen LogP contribution in [0.4, 0.5) is 0 Å². The maximum absolute atomic E-state index is 12.0. The maximum atomic E-state index is 12.0. The van der Waals surface area contributed by atoms with E-state index in [1.54, 1.807) is 4.90 Å². The summed E-state index contributed by atoms with van der Waals surface area (Å²) in [6.07, 6.45) is 2.27. The van der Waals surface area contributed by atoms with Crippen molar-refractivity contribution < 1.29 is 4.79 Å². The van der Waals surface area contributed by atoms with Crippen LogP contribution >= 0.6 is 0 Å². The Kier molecular flexibility index (Phi) is 4.33. The molecule has 1 saturated heterocycles. The molecule has 1 rings (SSSR count). The lowest BCUT2D eigenvalue weighted by Crippen LogP contribution is -2.67. The van der Waals surface area contributed by atoms with Crippen molar-refractivity contribution in [3.05, 3.63) is 0 Å². The first-order valence-electron chi connectivity index (χ1n) is 6.16. The second-order valence-electron chi connectivity index (χ2n) is 5.31. The second-order valence-corrected chi connectivity index (χ2v) is 5.31. The van der Waals surface area contributed by atoms with Crippen LogP contribution in [0.1, 0.15) is 33.6 Å². The molecule has 0 radical (unpaired) electrons. The van der Waals surface area contributed by atoms with Crippen LogP contribution in [-0.2, 0) is 4.79 Å². The molecular weight excluding hydrogens is 202 g/mol. The first-order chi connectivity index (χ1) is 7.44. The summed E-state index contributed by atoms with van der Waals surface area (Å²) in [6, 6.07) is -0.139. The van der Waals surface area contributed by atoms with Gasteiger partial charge < -0.3 is 10.6 Å². The molecule has 1 unspecified atom stereocenters. The Morgan fingerprint density at radius 3 is 2.62 bits per heavy atom. The Bertz CT molecular complexity index is 253. The highest BCUT2D eigenvalue weighted by molar-refractivity contribution is 5.83.